The van der Waals surface area contributed by atoms with Crippen LogP contribution in [0.3, 0.4) is 0 Å². The van der Waals surface area contributed by atoms with E-state index < -0.39 is 18.0 Å². The first-order valence-electron chi connectivity index (χ1n) is 7.45. The molecule has 0 aromatic carbocycles. The van der Waals surface area contributed by atoms with E-state index in [0.29, 0.717) is 31.8 Å². The largest absolute Gasteiger partial charge is 0.480 e. The van der Waals surface area contributed by atoms with E-state index in [4.69, 9.17) is 5.11 Å². The maximum Gasteiger partial charge on any atom is 0.326 e. The molecule has 1 atom stereocenters. The Kier molecular flexibility index (Phi) is 6.98. The summed E-state index contributed by atoms with van der Waals surface area (Å²) in [6.07, 6.45) is 3.39. The van der Waals surface area contributed by atoms with E-state index in [0.717, 1.165) is 12.8 Å². The predicted molar refractivity (Wildman–Crippen MR) is 77.8 cm³/mol. The fraction of sp³-hybridized carbons (Fsp3) is 0.786. The lowest BCUT2D eigenvalue weighted by atomic mass is 10.0. The first kappa shape index (κ1) is 17.3. The second-order valence-electron chi connectivity index (χ2n) is 5.87. The van der Waals surface area contributed by atoms with Crippen LogP contribution >= 0.6 is 0 Å². The Morgan fingerprint density at radius 3 is 2.43 bits per heavy atom. The smallest absolute Gasteiger partial charge is 0.326 e. The molecule has 3 amide bonds. The normalized spacial score (nSPS) is 15.4. The molecule has 7 nitrogen and oxygen atoms in total. The quantitative estimate of drug-likeness (QED) is 0.473. The van der Waals surface area contributed by atoms with Crippen molar-refractivity contribution in [3.8, 4) is 0 Å². The minimum absolute atomic E-state index is 0.00271. The van der Waals surface area contributed by atoms with Gasteiger partial charge in [-0.15, -0.1) is 0 Å². The number of carboxylic acids is 1. The monoisotopic (exact) mass is 299 g/mol. The molecule has 120 valence electrons. The first-order valence-corrected chi connectivity index (χ1v) is 7.45. The number of rotatable bonds is 9. The average Bonchev–Trinajstić information content (AvgIpc) is 3.17. The third-order valence-electron chi connectivity index (χ3n) is 3.12. The second kappa shape index (κ2) is 8.49. The molecule has 0 radical (unpaired) electrons. The van der Waals surface area contributed by atoms with Gasteiger partial charge in [0.15, 0.2) is 0 Å². The van der Waals surface area contributed by atoms with Crippen molar-refractivity contribution in [2.45, 2.75) is 58.0 Å². The Morgan fingerprint density at radius 1 is 1.24 bits per heavy atom. The van der Waals surface area contributed by atoms with Gasteiger partial charge in [0.25, 0.3) is 0 Å². The number of hydrogen-bond acceptors (Lipinski definition) is 3. The Labute approximate surface area is 124 Å². The number of urea groups is 1. The van der Waals surface area contributed by atoms with Crippen molar-refractivity contribution in [2.75, 3.05) is 6.54 Å². The Balaban J connectivity index is 2.13. The Morgan fingerprint density at radius 2 is 1.90 bits per heavy atom. The molecule has 1 saturated carbocycles. The van der Waals surface area contributed by atoms with Gasteiger partial charge in [-0.2, -0.15) is 0 Å². The van der Waals surface area contributed by atoms with Crippen molar-refractivity contribution in [3.05, 3.63) is 0 Å². The number of hydrogen-bond donors (Lipinski definition) is 4. The number of amides is 3. The lowest BCUT2D eigenvalue weighted by Gasteiger charge is -2.16. The summed E-state index contributed by atoms with van der Waals surface area (Å²) in [6, 6.07) is -1.05. The van der Waals surface area contributed by atoms with Crippen LogP contribution in [0.4, 0.5) is 4.79 Å². The highest BCUT2D eigenvalue weighted by molar-refractivity contribution is 5.82. The van der Waals surface area contributed by atoms with Gasteiger partial charge < -0.3 is 21.1 Å². The molecule has 7 heteroatoms. The van der Waals surface area contributed by atoms with Gasteiger partial charge in [-0.3, -0.25) is 4.79 Å². The minimum atomic E-state index is -1.04. The van der Waals surface area contributed by atoms with Gasteiger partial charge in [0.1, 0.15) is 6.04 Å². The van der Waals surface area contributed by atoms with Gasteiger partial charge in [0.2, 0.25) is 5.91 Å². The fourth-order valence-corrected chi connectivity index (χ4v) is 1.88. The van der Waals surface area contributed by atoms with E-state index in [1.54, 1.807) is 0 Å². The summed E-state index contributed by atoms with van der Waals surface area (Å²) in [5.41, 5.74) is 0. The lowest BCUT2D eigenvalue weighted by Crippen LogP contribution is -2.46. The molecule has 21 heavy (non-hydrogen) atoms. The van der Waals surface area contributed by atoms with Crippen LogP contribution in [0.1, 0.15) is 46.0 Å². The Hall–Kier alpha value is -1.79. The van der Waals surface area contributed by atoms with Gasteiger partial charge >= 0.3 is 12.0 Å². The molecule has 0 unspecified atom stereocenters. The van der Waals surface area contributed by atoms with E-state index in [2.05, 4.69) is 16.0 Å². The molecule has 0 saturated heterocycles. The summed E-state index contributed by atoms with van der Waals surface area (Å²) in [5, 5.41) is 16.9. The lowest BCUT2D eigenvalue weighted by molar-refractivity contribution is -0.139. The van der Waals surface area contributed by atoms with Gasteiger partial charge in [-0.25, -0.2) is 9.59 Å². The number of carbonyl (C=O) groups is 3. The zero-order valence-electron chi connectivity index (χ0n) is 12.6. The van der Waals surface area contributed by atoms with Crippen LogP contribution in [0.25, 0.3) is 0 Å². The molecule has 0 bridgehead atoms. The zero-order chi connectivity index (χ0) is 15.8. The standard InChI is InChI=1S/C14H25N3O4/c1-9(2)8-11(13(19)20)17-14(21)15-7-3-4-12(18)16-10-5-6-10/h9-11H,3-8H2,1-2H3,(H,16,18)(H,19,20)(H2,15,17,21)/t11-/m1/s1. The molecule has 1 aliphatic carbocycles. The second-order valence-corrected chi connectivity index (χ2v) is 5.87. The minimum Gasteiger partial charge on any atom is -0.480 e. The van der Waals surface area contributed by atoms with E-state index in [1.807, 2.05) is 13.8 Å². The summed E-state index contributed by atoms with van der Waals surface area (Å²) >= 11 is 0. The van der Waals surface area contributed by atoms with Crippen LogP contribution in [0.5, 0.6) is 0 Å². The van der Waals surface area contributed by atoms with Gasteiger partial charge in [0.05, 0.1) is 0 Å². The topological polar surface area (TPSA) is 108 Å². The summed E-state index contributed by atoms with van der Waals surface area (Å²) in [7, 11) is 0. The van der Waals surface area contributed by atoms with Crippen molar-refractivity contribution >= 4 is 17.9 Å². The van der Waals surface area contributed by atoms with Crippen molar-refractivity contribution in [2.24, 2.45) is 5.92 Å². The molecule has 1 aliphatic rings. The van der Waals surface area contributed by atoms with Crippen molar-refractivity contribution in [1.82, 2.24) is 16.0 Å². The predicted octanol–water partition coefficient (Wildman–Crippen LogP) is 0.844. The maximum absolute atomic E-state index is 11.6. The summed E-state index contributed by atoms with van der Waals surface area (Å²) < 4.78 is 0. The molecular weight excluding hydrogens is 274 g/mol. The SMILES string of the molecule is CC(C)C[C@@H](NC(=O)NCCCC(=O)NC1CC1)C(=O)O. The molecular formula is C14H25N3O4. The third kappa shape index (κ3) is 8.16. The molecule has 1 fully saturated rings. The number of nitrogens with one attached hydrogen (secondary N) is 3. The van der Waals surface area contributed by atoms with Crippen molar-refractivity contribution in [3.63, 3.8) is 0 Å². The van der Waals surface area contributed by atoms with E-state index >= 15 is 0 Å². The highest BCUT2D eigenvalue weighted by atomic mass is 16.4. The highest BCUT2D eigenvalue weighted by Gasteiger charge is 2.23. The molecule has 1 rings (SSSR count). The average molecular weight is 299 g/mol. The van der Waals surface area contributed by atoms with Gasteiger partial charge in [-0.1, -0.05) is 13.8 Å². The summed E-state index contributed by atoms with van der Waals surface area (Å²) in [5.74, 6) is -0.858. The maximum atomic E-state index is 11.6. The molecule has 4 N–H and O–H groups in total. The van der Waals surface area contributed by atoms with Crippen LogP contribution < -0.4 is 16.0 Å². The molecule has 0 spiro atoms. The van der Waals surface area contributed by atoms with Crippen LogP contribution in [0.15, 0.2) is 0 Å². The zero-order valence-corrected chi connectivity index (χ0v) is 12.6. The molecule has 0 aromatic heterocycles. The highest BCUT2D eigenvalue weighted by Crippen LogP contribution is 2.18. The van der Waals surface area contributed by atoms with Gasteiger partial charge in [-0.05, 0) is 31.6 Å². The summed E-state index contributed by atoms with van der Waals surface area (Å²) in [4.78, 5) is 34.0. The molecule has 0 aromatic rings. The molecule has 0 heterocycles. The van der Waals surface area contributed by atoms with Crippen molar-refractivity contribution in [1.29, 1.82) is 0 Å². The van der Waals surface area contributed by atoms with Crippen LogP contribution in [-0.2, 0) is 9.59 Å². The van der Waals surface area contributed by atoms with E-state index in [9.17, 15) is 14.4 Å². The molecule has 0 aliphatic heterocycles. The number of carboxylic acid groups (broad SMARTS) is 1. The first-order chi connectivity index (χ1) is 9.88. The number of aliphatic carboxylic acids is 1. The number of carbonyl (C=O) groups excluding carboxylic acids is 2. The van der Waals surface area contributed by atoms with Gasteiger partial charge in [0, 0.05) is 19.0 Å². The van der Waals surface area contributed by atoms with Crippen LogP contribution in [0, 0.1) is 5.92 Å². The van der Waals surface area contributed by atoms with E-state index in [-0.39, 0.29) is 11.8 Å². The summed E-state index contributed by atoms with van der Waals surface area (Å²) in [6.45, 7) is 4.14. The van der Waals surface area contributed by atoms with Crippen LogP contribution in [-0.4, -0.2) is 41.6 Å². The fourth-order valence-electron chi connectivity index (χ4n) is 1.88. The Bertz CT molecular complexity index is 380. The van der Waals surface area contributed by atoms with Crippen LogP contribution in [0.2, 0.25) is 0 Å². The van der Waals surface area contributed by atoms with Crippen molar-refractivity contribution < 1.29 is 19.5 Å². The van der Waals surface area contributed by atoms with E-state index in [1.165, 1.54) is 0 Å². The third-order valence-corrected chi connectivity index (χ3v) is 3.12.